The van der Waals surface area contributed by atoms with Crippen LogP contribution in [0.2, 0.25) is 0 Å². The predicted octanol–water partition coefficient (Wildman–Crippen LogP) is 4.70. The maximum atomic E-state index is 12.8. The fourth-order valence-electron chi connectivity index (χ4n) is 3.40. The van der Waals surface area contributed by atoms with Crippen LogP contribution in [0.5, 0.6) is 0 Å². The molecule has 1 aliphatic heterocycles. The third kappa shape index (κ3) is 4.43. The quantitative estimate of drug-likeness (QED) is 0.620. The SMILES string of the molecule is CCc1cc(N2CCOC(c3ccc(C(F)(F)F)cc3)C2)nc(-c2ccncc2)n1. The summed E-state index contributed by atoms with van der Waals surface area (Å²) in [6, 6.07) is 10.8. The van der Waals surface area contributed by atoms with Gasteiger partial charge in [-0.3, -0.25) is 4.98 Å². The Balaban J connectivity index is 1.59. The van der Waals surface area contributed by atoms with Gasteiger partial charge in [0, 0.05) is 42.8 Å². The Hall–Kier alpha value is -3.00. The summed E-state index contributed by atoms with van der Waals surface area (Å²) in [5.74, 6) is 1.41. The van der Waals surface area contributed by atoms with Crippen LogP contribution in [0.3, 0.4) is 0 Å². The van der Waals surface area contributed by atoms with Crippen molar-refractivity contribution in [1.82, 2.24) is 15.0 Å². The molecule has 0 N–H and O–H groups in total. The van der Waals surface area contributed by atoms with Gasteiger partial charge in [-0.2, -0.15) is 13.2 Å². The Morgan fingerprint density at radius 2 is 1.80 bits per heavy atom. The van der Waals surface area contributed by atoms with E-state index in [-0.39, 0.29) is 6.10 Å². The van der Waals surface area contributed by atoms with Crippen LogP contribution in [0.1, 0.15) is 29.8 Å². The van der Waals surface area contributed by atoms with Gasteiger partial charge < -0.3 is 9.64 Å². The molecule has 1 fully saturated rings. The number of pyridine rings is 1. The van der Waals surface area contributed by atoms with Crippen molar-refractivity contribution in [3.8, 4) is 11.4 Å². The first-order valence-electron chi connectivity index (χ1n) is 9.76. The highest BCUT2D eigenvalue weighted by molar-refractivity contribution is 5.57. The number of benzene rings is 1. The van der Waals surface area contributed by atoms with Crippen LogP contribution in [-0.2, 0) is 17.3 Å². The molecule has 5 nitrogen and oxygen atoms in total. The van der Waals surface area contributed by atoms with Gasteiger partial charge in [0.2, 0.25) is 0 Å². The third-order valence-corrected chi connectivity index (χ3v) is 5.07. The number of ether oxygens (including phenoxy) is 1. The summed E-state index contributed by atoms with van der Waals surface area (Å²) in [7, 11) is 0. The smallest absolute Gasteiger partial charge is 0.370 e. The van der Waals surface area contributed by atoms with Crippen LogP contribution in [0, 0.1) is 0 Å². The number of morpholine rings is 1. The summed E-state index contributed by atoms with van der Waals surface area (Å²) < 4.78 is 44.3. The normalized spacial score (nSPS) is 17.2. The van der Waals surface area contributed by atoms with Crippen molar-refractivity contribution in [3.63, 3.8) is 0 Å². The van der Waals surface area contributed by atoms with E-state index < -0.39 is 11.7 Å². The molecular weight excluding hydrogens is 393 g/mol. The average molecular weight is 414 g/mol. The Kier molecular flexibility index (Phi) is 5.67. The number of rotatable bonds is 4. The minimum absolute atomic E-state index is 0.328. The molecule has 0 amide bonds. The zero-order valence-electron chi connectivity index (χ0n) is 16.4. The van der Waals surface area contributed by atoms with E-state index in [1.165, 1.54) is 12.1 Å². The maximum Gasteiger partial charge on any atom is 0.416 e. The lowest BCUT2D eigenvalue weighted by Gasteiger charge is -2.34. The number of hydrogen-bond acceptors (Lipinski definition) is 5. The highest BCUT2D eigenvalue weighted by Gasteiger charge is 2.31. The largest absolute Gasteiger partial charge is 0.416 e. The molecule has 8 heteroatoms. The summed E-state index contributed by atoms with van der Waals surface area (Å²) in [6.07, 6.45) is -0.511. The molecule has 3 aromatic rings. The highest BCUT2D eigenvalue weighted by atomic mass is 19.4. The summed E-state index contributed by atoms with van der Waals surface area (Å²) >= 11 is 0. The molecule has 30 heavy (non-hydrogen) atoms. The maximum absolute atomic E-state index is 12.8. The van der Waals surface area contributed by atoms with Gasteiger partial charge in [0.1, 0.15) is 11.9 Å². The van der Waals surface area contributed by atoms with Crippen molar-refractivity contribution in [1.29, 1.82) is 0 Å². The topological polar surface area (TPSA) is 51.1 Å². The Bertz CT molecular complexity index is 994. The van der Waals surface area contributed by atoms with Crippen molar-refractivity contribution < 1.29 is 17.9 Å². The average Bonchev–Trinajstić information content (AvgIpc) is 2.79. The van der Waals surface area contributed by atoms with E-state index in [1.54, 1.807) is 12.4 Å². The molecule has 1 aromatic carbocycles. The predicted molar refractivity (Wildman–Crippen MR) is 107 cm³/mol. The van der Waals surface area contributed by atoms with Crippen molar-refractivity contribution in [3.05, 3.63) is 71.7 Å². The van der Waals surface area contributed by atoms with Crippen molar-refractivity contribution in [2.75, 3.05) is 24.6 Å². The highest BCUT2D eigenvalue weighted by Crippen LogP contribution is 2.32. The van der Waals surface area contributed by atoms with Gasteiger partial charge in [0.15, 0.2) is 5.82 Å². The molecule has 1 saturated heterocycles. The molecular formula is C22H21F3N4O. The molecule has 0 aliphatic carbocycles. The number of alkyl halides is 3. The fourth-order valence-corrected chi connectivity index (χ4v) is 3.40. The minimum Gasteiger partial charge on any atom is -0.370 e. The molecule has 1 aliphatic rings. The van der Waals surface area contributed by atoms with E-state index in [0.29, 0.717) is 31.1 Å². The van der Waals surface area contributed by atoms with Crippen molar-refractivity contribution in [2.45, 2.75) is 25.6 Å². The second-order valence-electron chi connectivity index (χ2n) is 7.06. The van der Waals surface area contributed by atoms with E-state index in [0.717, 1.165) is 35.6 Å². The first-order chi connectivity index (χ1) is 14.4. The summed E-state index contributed by atoms with van der Waals surface area (Å²) in [6.45, 7) is 3.64. The van der Waals surface area contributed by atoms with Gasteiger partial charge in [0.25, 0.3) is 0 Å². The van der Waals surface area contributed by atoms with Crippen LogP contribution >= 0.6 is 0 Å². The fraction of sp³-hybridized carbons (Fsp3) is 0.318. The summed E-state index contributed by atoms with van der Waals surface area (Å²) in [5, 5.41) is 0. The zero-order chi connectivity index (χ0) is 21.1. The number of nitrogens with zero attached hydrogens (tertiary/aromatic N) is 4. The van der Waals surface area contributed by atoms with Crippen LogP contribution in [0.4, 0.5) is 19.0 Å². The molecule has 3 heterocycles. The number of halogens is 3. The van der Waals surface area contributed by atoms with E-state index in [9.17, 15) is 13.2 Å². The summed E-state index contributed by atoms with van der Waals surface area (Å²) in [5.41, 5.74) is 1.86. The monoisotopic (exact) mass is 414 g/mol. The number of anilines is 1. The van der Waals surface area contributed by atoms with Crippen LogP contribution in [0.25, 0.3) is 11.4 Å². The van der Waals surface area contributed by atoms with Crippen LogP contribution < -0.4 is 4.90 Å². The van der Waals surface area contributed by atoms with Gasteiger partial charge in [0.05, 0.1) is 12.2 Å². The Labute approximate surface area is 172 Å². The van der Waals surface area contributed by atoms with E-state index in [1.807, 2.05) is 25.1 Å². The molecule has 0 saturated carbocycles. The van der Waals surface area contributed by atoms with E-state index >= 15 is 0 Å². The number of aryl methyl sites for hydroxylation is 1. The van der Waals surface area contributed by atoms with Gasteiger partial charge >= 0.3 is 6.18 Å². The zero-order valence-corrected chi connectivity index (χ0v) is 16.4. The lowest BCUT2D eigenvalue weighted by Crippen LogP contribution is -2.39. The molecule has 2 aromatic heterocycles. The molecule has 0 bridgehead atoms. The first-order valence-corrected chi connectivity index (χ1v) is 9.76. The minimum atomic E-state index is -4.35. The Morgan fingerprint density at radius 3 is 2.47 bits per heavy atom. The first kappa shape index (κ1) is 20.3. The van der Waals surface area contributed by atoms with Crippen molar-refractivity contribution >= 4 is 5.82 Å². The summed E-state index contributed by atoms with van der Waals surface area (Å²) in [4.78, 5) is 15.5. The van der Waals surface area contributed by atoms with Crippen molar-refractivity contribution in [2.24, 2.45) is 0 Å². The second-order valence-corrected chi connectivity index (χ2v) is 7.06. The molecule has 1 unspecified atom stereocenters. The van der Waals surface area contributed by atoms with Crippen LogP contribution in [-0.4, -0.2) is 34.6 Å². The van der Waals surface area contributed by atoms with Gasteiger partial charge in [-0.15, -0.1) is 0 Å². The van der Waals surface area contributed by atoms with Gasteiger partial charge in [-0.05, 0) is 36.2 Å². The van der Waals surface area contributed by atoms with Gasteiger partial charge in [-0.25, -0.2) is 9.97 Å². The number of aromatic nitrogens is 3. The molecule has 156 valence electrons. The standard InChI is InChI=1S/C22H21F3N4O/c1-2-18-13-20(28-21(27-18)16-7-9-26-10-8-16)29-11-12-30-19(14-29)15-3-5-17(6-4-15)22(23,24)25/h3-10,13,19H,2,11-12,14H2,1H3. The van der Waals surface area contributed by atoms with E-state index in [4.69, 9.17) is 9.72 Å². The number of hydrogen-bond donors (Lipinski definition) is 0. The lowest BCUT2D eigenvalue weighted by molar-refractivity contribution is -0.137. The molecule has 4 rings (SSSR count). The second kappa shape index (κ2) is 8.39. The van der Waals surface area contributed by atoms with E-state index in [2.05, 4.69) is 14.9 Å². The molecule has 0 radical (unpaired) electrons. The van der Waals surface area contributed by atoms with Gasteiger partial charge in [-0.1, -0.05) is 19.1 Å². The van der Waals surface area contributed by atoms with Crippen LogP contribution in [0.15, 0.2) is 54.9 Å². The lowest BCUT2D eigenvalue weighted by atomic mass is 10.1. The molecule has 1 atom stereocenters. The molecule has 0 spiro atoms. The third-order valence-electron chi connectivity index (χ3n) is 5.07. The Morgan fingerprint density at radius 1 is 1.07 bits per heavy atom.